The van der Waals surface area contributed by atoms with E-state index in [1.807, 2.05) is 0 Å². The van der Waals surface area contributed by atoms with Gasteiger partial charge in [-0.3, -0.25) is 9.78 Å². The molecule has 4 rings (SSSR count). The Kier molecular flexibility index (Phi) is 6.33. The second kappa shape index (κ2) is 9.19. The number of aromatic nitrogens is 1. The maximum absolute atomic E-state index is 13.6. The predicted octanol–water partition coefficient (Wildman–Crippen LogP) is 4.96. The number of carbonyl (C=O) groups excluding carboxylic acids is 1. The number of alkyl halides is 3. The molecule has 1 N–H and O–H groups in total. The number of pyridine rings is 1. The van der Waals surface area contributed by atoms with Crippen LogP contribution in [-0.2, 0) is 17.5 Å². The summed E-state index contributed by atoms with van der Waals surface area (Å²) in [5.41, 5.74) is 1.29. The molecular formula is C24H20F4N2O3. The molecule has 0 radical (unpaired) electrons. The molecule has 1 fully saturated rings. The van der Waals surface area contributed by atoms with Crippen LogP contribution in [0.15, 0.2) is 54.9 Å². The monoisotopic (exact) mass is 460 g/mol. The first kappa shape index (κ1) is 22.7. The molecule has 0 bridgehead atoms. The van der Waals surface area contributed by atoms with Gasteiger partial charge in [0.05, 0.1) is 25.9 Å². The van der Waals surface area contributed by atoms with Gasteiger partial charge in [-0.05, 0) is 53.1 Å². The Morgan fingerprint density at radius 2 is 1.94 bits per heavy atom. The molecule has 2 heterocycles. The van der Waals surface area contributed by atoms with E-state index in [0.29, 0.717) is 41.2 Å². The molecule has 0 saturated carbocycles. The minimum atomic E-state index is -4.58. The zero-order valence-corrected chi connectivity index (χ0v) is 17.6. The minimum Gasteiger partial charge on any atom is -0.496 e. The smallest absolute Gasteiger partial charge is 0.416 e. The molecule has 0 spiro atoms. The fourth-order valence-electron chi connectivity index (χ4n) is 3.61. The average molecular weight is 460 g/mol. The first-order chi connectivity index (χ1) is 15.8. The number of methoxy groups -OCH3 is 1. The Morgan fingerprint density at radius 1 is 1.15 bits per heavy atom. The van der Waals surface area contributed by atoms with Gasteiger partial charge < -0.3 is 14.8 Å². The predicted molar refractivity (Wildman–Crippen MR) is 112 cm³/mol. The van der Waals surface area contributed by atoms with Crippen molar-refractivity contribution < 1.29 is 31.8 Å². The maximum atomic E-state index is 13.6. The van der Waals surface area contributed by atoms with E-state index < -0.39 is 23.5 Å². The van der Waals surface area contributed by atoms with E-state index in [1.165, 1.54) is 31.5 Å². The quantitative estimate of drug-likeness (QED) is 0.529. The lowest BCUT2D eigenvalue weighted by Crippen LogP contribution is -2.27. The lowest BCUT2D eigenvalue weighted by molar-refractivity contribution is -0.137. The number of hydrogen-bond acceptors (Lipinski definition) is 4. The molecule has 1 aromatic heterocycles. The molecule has 1 saturated heterocycles. The number of nitrogens with one attached hydrogen (secondary N) is 1. The molecular weight excluding hydrogens is 440 g/mol. The number of ether oxygens (including phenoxy) is 2. The first-order valence-corrected chi connectivity index (χ1v) is 10.1. The first-order valence-electron chi connectivity index (χ1n) is 10.1. The molecule has 2 aromatic carbocycles. The van der Waals surface area contributed by atoms with Crippen molar-refractivity contribution in [1.29, 1.82) is 0 Å². The number of hydrogen-bond donors (Lipinski definition) is 1. The highest BCUT2D eigenvalue weighted by molar-refractivity contribution is 5.94. The second-order valence-electron chi connectivity index (χ2n) is 7.64. The Bertz CT molecular complexity index is 1180. The summed E-state index contributed by atoms with van der Waals surface area (Å²) in [7, 11) is 1.42. The van der Waals surface area contributed by atoms with Gasteiger partial charge in [-0.1, -0.05) is 0 Å². The summed E-state index contributed by atoms with van der Waals surface area (Å²) in [6.45, 7) is 0.641. The summed E-state index contributed by atoms with van der Waals surface area (Å²) in [6, 6.07) is 9.13. The van der Waals surface area contributed by atoms with E-state index in [0.717, 1.165) is 12.1 Å². The summed E-state index contributed by atoms with van der Waals surface area (Å²) in [4.78, 5) is 16.9. The van der Waals surface area contributed by atoms with Gasteiger partial charge in [-0.2, -0.15) is 13.2 Å². The highest BCUT2D eigenvalue weighted by Crippen LogP contribution is 2.35. The zero-order chi connectivity index (χ0) is 23.6. The van der Waals surface area contributed by atoms with Crippen LogP contribution in [-0.4, -0.2) is 31.2 Å². The molecule has 33 heavy (non-hydrogen) atoms. The summed E-state index contributed by atoms with van der Waals surface area (Å²) >= 11 is 0. The number of carbonyl (C=O) groups is 1. The van der Waals surface area contributed by atoms with E-state index in [4.69, 9.17) is 9.47 Å². The highest BCUT2D eigenvalue weighted by Gasteiger charge is 2.33. The molecule has 0 unspecified atom stereocenters. The molecule has 9 heteroatoms. The lowest BCUT2D eigenvalue weighted by Gasteiger charge is -2.27. The average Bonchev–Trinajstić information content (AvgIpc) is 2.75. The van der Waals surface area contributed by atoms with Crippen LogP contribution in [0.1, 0.15) is 33.0 Å². The molecule has 1 amide bonds. The molecule has 1 aliphatic rings. The van der Waals surface area contributed by atoms with Gasteiger partial charge in [0.15, 0.2) is 0 Å². The van der Waals surface area contributed by atoms with Gasteiger partial charge in [-0.25, -0.2) is 4.39 Å². The summed E-state index contributed by atoms with van der Waals surface area (Å²) in [5.74, 6) is -0.978. The van der Waals surface area contributed by atoms with E-state index in [2.05, 4.69) is 10.3 Å². The van der Waals surface area contributed by atoms with Crippen molar-refractivity contribution in [2.24, 2.45) is 0 Å². The molecule has 3 aromatic rings. The van der Waals surface area contributed by atoms with Crippen LogP contribution in [0.3, 0.4) is 0 Å². The van der Waals surface area contributed by atoms with Gasteiger partial charge in [0.25, 0.3) is 5.91 Å². The van der Waals surface area contributed by atoms with Gasteiger partial charge >= 0.3 is 6.18 Å². The fourth-order valence-corrected chi connectivity index (χ4v) is 3.61. The van der Waals surface area contributed by atoms with Crippen LogP contribution in [0.25, 0.3) is 11.1 Å². The summed E-state index contributed by atoms with van der Waals surface area (Å²) in [5, 5.41) is 2.66. The molecule has 5 nitrogen and oxygen atoms in total. The largest absolute Gasteiger partial charge is 0.496 e. The lowest BCUT2D eigenvalue weighted by atomic mass is 9.93. The van der Waals surface area contributed by atoms with Gasteiger partial charge in [0.2, 0.25) is 0 Å². The third kappa shape index (κ3) is 4.98. The minimum absolute atomic E-state index is 0.000651. The Morgan fingerprint density at radius 3 is 2.61 bits per heavy atom. The van der Waals surface area contributed by atoms with Gasteiger partial charge in [0.1, 0.15) is 11.6 Å². The van der Waals surface area contributed by atoms with Gasteiger partial charge in [0, 0.05) is 42.0 Å². The van der Waals surface area contributed by atoms with Crippen molar-refractivity contribution in [2.75, 3.05) is 20.3 Å². The number of amides is 1. The fraction of sp³-hybridized carbons (Fsp3) is 0.250. The van der Waals surface area contributed by atoms with Crippen molar-refractivity contribution >= 4 is 5.91 Å². The molecule has 0 aliphatic carbocycles. The Balaban J connectivity index is 1.59. The Hall–Kier alpha value is -3.46. The van der Waals surface area contributed by atoms with Crippen LogP contribution < -0.4 is 10.1 Å². The third-order valence-electron chi connectivity index (χ3n) is 5.45. The van der Waals surface area contributed by atoms with Crippen molar-refractivity contribution in [2.45, 2.75) is 18.6 Å². The second-order valence-corrected chi connectivity index (χ2v) is 7.64. The number of benzene rings is 2. The SMILES string of the molecule is COc1cc(F)ccc1-c1ccncc1CNC(=O)c1cc(C2COC2)cc(C(F)(F)F)c1. The van der Waals surface area contributed by atoms with E-state index in [1.54, 1.807) is 18.3 Å². The van der Waals surface area contributed by atoms with Crippen molar-refractivity contribution in [3.05, 3.63) is 82.9 Å². The van der Waals surface area contributed by atoms with E-state index in [-0.39, 0.29) is 18.0 Å². The zero-order valence-electron chi connectivity index (χ0n) is 17.6. The van der Waals surface area contributed by atoms with Crippen LogP contribution >= 0.6 is 0 Å². The summed E-state index contributed by atoms with van der Waals surface area (Å²) < 4.78 is 64.1. The number of rotatable bonds is 6. The molecule has 1 aliphatic heterocycles. The van der Waals surface area contributed by atoms with Crippen LogP contribution in [0, 0.1) is 5.82 Å². The van der Waals surface area contributed by atoms with E-state index in [9.17, 15) is 22.4 Å². The topological polar surface area (TPSA) is 60.5 Å². The molecule has 172 valence electrons. The van der Waals surface area contributed by atoms with Crippen LogP contribution in [0.4, 0.5) is 17.6 Å². The van der Waals surface area contributed by atoms with Gasteiger partial charge in [-0.15, -0.1) is 0 Å². The third-order valence-corrected chi connectivity index (χ3v) is 5.45. The maximum Gasteiger partial charge on any atom is 0.416 e. The number of halogens is 4. The van der Waals surface area contributed by atoms with Crippen molar-refractivity contribution in [1.82, 2.24) is 10.3 Å². The molecule has 0 atom stereocenters. The van der Waals surface area contributed by atoms with Crippen LogP contribution in [0.2, 0.25) is 0 Å². The Labute approximate surface area is 187 Å². The van der Waals surface area contributed by atoms with Crippen LogP contribution in [0.5, 0.6) is 5.75 Å². The van der Waals surface area contributed by atoms with E-state index >= 15 is 0 Å². The van der Waals surface area contributed by atoms with Crippen molar-refractivity contribution in [3.63, 3.8) is 0 Å². The standard InChI is InChI=1S/C24H20F4N2O3/c1-32-22-9-19(25)2-3-21(22)20-4-5-29-10-16(20)11-30-23(31)15-6-14(17-12-33-13-17)7-18(8-15)24(26,27)28/h2-10,17H,11-13H2,1H3,(H,30,31). The number of nitrogens with zero attached hydrogens (tertiary/aromatic N) is 1. The highest BCUT2D eigenvalue weighted by atomic mass is 19.4. The van der Waals surface area contributed by atoms with Crippen molar-refractivity contribution in [3.8, 4) is 16.9 Å². The summed E-state index contributed by atoms with van der Waals surface area (Å²) in [6.07, 6.45) is -1.50. The normalized spacial score (nSPS) is 14.0.